The molecule has 0 radical (unpaired) electrons. The lowest BCUT2D eigenvalue weighted by atomic mass is 10.2. The van der Waals surface area contributed by atoms with Crippen molar-refractivity contribution in [2.24, 2.45) is 0 Å². The fraction of sp³-hybridized carbons (Fsp3) is 0.667. The molecule has 0 rings (SSSR count). The van der Waals surface area contributed by atoms with Crippen molar-refractivity contribution in [2.75, 3.05) is 26.4 Å². The van der Waals surface area contributed by atoms with E-state index in [2.05, 4.69) is 6.58 Å². The van der Waals surface area contributed by atoms with Gasteiger partial charge >= 0.3 is 5.97 Å². The van der Waals surface area contributed by atoms with Gasteiger partial charge in [-0.05, 0) is 13.3 Å². The minimum absolute atomic E-state index is 0.269. The molecule has 6 heteroatoms. The van der Waals surface area contributed by atoms with E-state index in [0.717, 1.165) is 0 Å². The molecular weight excluding hydrogens is 272 g/mol. The van der Waals surface area contributed by atoms with Gasteiger partial charge < -0.3 is 14.2 Å². The van der Waals surface area contributed by atoms with Gasteiger partial charge in [0.25, 0.3) is 0 Å². The first-order valence-electron chi connectivity index (χ1n) is 6.92. The standard InChI is InChI=1S/C15H22N2O4/c1-13(6-11-20-14(2)12-17)15(18)21-10-5-9-19-8-4-3-7-16/h14H,1,3-6,8-11H2,2H3. The Bertz CT molecular complexity index is 395. The van der Waals surface area contributed by atoms with Crippen LogP contribution in [0.3, 0.4) is 0 Å². The average molecular weight is 294 g/mol. The van der Waals surface area contributed by atoms with E-state index >= 15 is 0 Å². The maximum Gasteiger partial charge on any atom is 0.333 e. The van der Waals surface area contributed by atoms with Crippen LogP contribution in [0.1, 0.15) is 32.6 Å². The van der Waals surface area contributed by atoms with Crippen molar-refractivity contribution in [2.45, 2.75) is 38.7 Å². The molecule has 0 aliphatic carbocycles. The summed E-state index contributed by atoms with van der Waals surface area (Å²) in [5.74, 6) is -0.451. The van der Waals surface area contributed by atoms with E-state index in [-0.39, 0.29) is 13.2 Å². The highest BCUT2D eigenvalue weighted by Crippen LogP contribution is 2.03. The number of carbonyl (C=O) groups excluding carboxylic acids is 1. The maximum absolute atomic E-state index is 11.5. The summed E-state index contributed by atoms with van der Waals surface area (Å²) in [5, 5.41) is 16.9. The van der Waals surface area contributed by atoms with E-state index in [1.165, 1.54) is 0 Å². The zero-order valence-corrected chi connectivity index (χ0v) is 12.5. The molecule has 1 unspecified atom stereocenters. The summed E-state index contributed by atoms with van der Waals surface area (Å²) >= 11 is 0. The van der Waals surface area contributed by atoms with Crippen molar-refractivity contribution in [3.63, 3.8) is 0 Å². The average Bonchev–Trinajstić information content (AvgIpc) is 2.49. The first-order chi connectivity index (χ1) is 10.1. The van der Waals surface area contributed by atoms with Crippen LogP contribution in [-0.2, 0) is 19.0 Å². The number of esters is 1. The second-order valence-corrected chi connectivity index (χ2v) is 4.36. The lowest BCUT2D eigenvalue weighted by molar-refractivity contribution is -0.139. The van der Waals surface area contributed by atoms with Crippen LogP contribution >= 0.6 is 0 Å². The molecule has 6 nitrogen and oxygen atoms in total. The van der Waals surface area contributed by atoms with Gasteiger partial charge in [0.05, 0.1) is 25.4 Å². The van der Waals surface area contributed by atoms with Crippen molar-refractivity contribution in [1.29, 1.82) is 10.5 Å². The third-order valence-corrected chi connectivity index (χ3v) is 2.49. The minimum Gasteiger partial charge on any atom is -0.462 e. The zero-order chi connectivity index (χ0) is 15.9. The van der Waals surface area contributed by atoms with Crippen molar-refractivity contribution in [3.8, 4) is 12.1 Å². The fourth-order valence-electron chi connectivity index (χ4n) is 1.28. The summed E-state index contributed by atoms with van der Waals surface area (Å²) in [5.41, 5.74) is 0.329. The summed E-state index contributed by atoms with van der Waals surface area (Å²) in [6.07, 6.45) is 1.66. The zero-order valence-electron chi connectivity index (χ0n) is 12.5. The highest BCUT2D eigenvalue weighted by molar-refractivity contribution is 5.87. The van der Waals surface area contributed by atoms with Gasteiger partial charge in [0.1, 0.15) is 6.10 Å². The Morgan fingerprint density at radius 1 is 1.19 bits per heavy atom. The van der Waals surface area contributed by atoms with Crippen molar-refractivity contribution < 1.29 is 19.0 Å². The van der Waals surface area contributed by atoms with Gasteiger partial charge in [0.15, 0.2) is 0 Å². The number of rotatable bonds is 12. The molecule has 0 aromatic heterocycles. The number of carbonyl (C=O) groups is 1. The highest BCUT2D eigenvalue weighted by atomic mass is 16.5. The molecule has 0 spiro atoms. The van der Waals surface area contributed by atoms with Gasteiger partial charge in [-0.25, -0.2) is 4.79 Å². The highest BCUT2D eigenvalue weighted by Gasteiger charge is 2.09. The van der Waals surface area contributed by atoms with Crippen LogP contribution in [0.4, 0.5) is 0 Å². The van der Waals surface area contributed by atoms with Gasteiger partial charge in [-0.2, -0.15) is 10.5 Å². The topological polar surface area (TPSA) is 92.3 Å². The first kappa shape index (κ1) is 19.1. The van der Waals surface area contributed by atoms with Crippen LogP contribution in [0.2, 0.25) is 0 Å². The summed E-state index contributed by atoms with van der Waals surface area (Å²) in [4.78, 5) is 11.5. The fourth-order valence-corrected chi connectivity index (χ4v) is 1.28. The molecule has 0 saturated carbocycles. The summed E-state index contributed by atoms with van der Waals surface area (Å²) in [7, 11) is 0. The van der Waals surface area contributed by atoms with Crippen LogP contribution in [0.15, 0.2) is 12.2 Å². The Kier molecular flexibility index (Phi) is 11.9. The quantitative estimate of drug-likeness (QED) is 0.311. The number of nitrogens with zero attached hydrogens (tertiary/aromatic N) is 2. The molecule has 0 bridgehead atoms. The Balaban J connectivity index is 3.50. The van der Waals surface area contributed by atoms with Gasteiger partial charge in [-0.15, -0.1) is 0 Å². The summed E-state index contributed by atoms with van der Waals surface area (Å²) in [6.45, 7) is 6.84. The van der Waals surface area contributed by atoms with Gasteiger partial charge in [-0.3, -0.25) is 0 Å². The normalized spacial score (nSPS) is 11.2. The molecule has 0 heterocycles. The second-order valence-electron chi connectivity index (χ2n) is 4.36. The number of hydrogen-bond acceptors (Lipinski definition) is 6. The number of ether oxygens (including phenoxy) is 3. The van der Waals surface area contributed by atoms with Gasteiger partial charge in [0.2, 0.25) is 0 Å². The van der Waals surface area contributed by atoms with Crippen molar-refractivity contribution in [1.82, 2.24) is 0 Å². The van der Waals surface area contributed by atoms with Crippen LogP contribution in [0, 0.1) is 22.7 Å². The molecule has 0 amide bonds. The molecule has 0 fully saturated rings. The lowest BCUT2D eigenvalue weighted by Crippen LogP contribution is -2.13. The molecular formula is C15H22N2O4. The lowest BCUT2D eigenvalue weighted by Gasteiger charge is -2.08. The molecule has 0 N–H and O–H groups in total. The van der Waals surface area contributed by atoms with E-state index in [1.54, 1.807) is 6.92 Å². The van der Waals surface area contributed by atoms with E-state index in [0.29, 0.717) is 44.5 Å². The molecule has 1 atom stereocenters. The molecule has 0 aliphatic rings. The molecule has 0 aromatic carbocycles. The third-order valence-electron chi connectivity index (χ3n) is 2.49. The minimum atomic E-state index is -0.494. The number of nitriles is 2. The first-order valence-corrected chi connectivity index (χ1v) is 6.92. The number of unbranched alkanes of at least 4 members (excludes halogenated alkanes) is 1. The van der Waals surface area contributed by atoms with Crippen molar-refractivity contribution in [3.05, 3.63) is 12.2 Å². The number of hydrogen-bond donors (Lipinski definition) is 0. The Morgan fingerprint density at radius 2 is 1.90 bits per heavy atom. The van der Waals surface area contributed by atoms with Crippen LogP contribution < -0.4 is 0 Å². The smallest absolute Gasteiger partial charge is 0.333 e. The Hall–Kier alpha value is -1.89. The van der Waals surface area contributed by atoms with Gasteiger partial charge in [-0.1, -0.05) is 6.58 Å². The third kappa shape index (κ3) is 11.6. The predicted molar refractivity (Wildman–Crippen MR) is 76.0 cm³/mol. The van der Waals surface area contributed by atoms with Crippen LogP contribution in [-0.4, -0.2) is 38.5 Å². The van der Waals surface area contributed by atoms with Crippen LogP contribution in [0.5, 0.6) is 0 Å². The monoisotopic (exact) mass is 294 g/mol. The molecule has 21 heavy (non-hydrogen) atoms. The molecule has 0 aliphatic heterocycles. The van der Waals surface area contributed by atoms with E-state index in [9.17, 15) is 4.79 Å². The molecule has 0 saturated heterocycles. The van der Waals surface area contributed by atoms with E-state index in [1.807, 2.05) is 12.1 Å². The predicted octanol–water partition coefficient (Wildman–Crippen LogP) is 2.12. The Labute approximate surface area is 125 Å². The van der Waals surface area contributed by atoms with Gasteiger partial charge in [0, 0.05) is 38.0 Å². The molecule has 116 valence electrons. The van der Waals surface area contributed by atoms with E-state index < -0.39 is 12.1 Å². The largest absolute Gasteiger partial charge is 0.462 e. The van der Waals surface area contributed by atoms with Crippen LogP contribution in [0.25, 0.3) is 0 Å². The SMILES string of the molecule is C=C(CCOC(C)C#N)C(=O)OCCCOCCCC#N. The Morgan fingerprint density at radius 3 is 2.57 bits per heavy atom. The maximum atomic E-state index is 11.5. The molecule has 0 aromatic rings. The summed E-state index contributed by atoms with van der Waals surface area (Å²) < 4.78 is 15.4. The van der Waals surface area contributed by atoms with E-state index in [4.69, 9.17) is 24.7 Å². The second kappa shape index (κ2) is 13.1. The summed E-state index contributed by atoms with van der Waals surface area (Å²) in [6, 6.07) is 3.97. The van der Waals surface area contributed by atoms with Crippen molar-refractivity contribution >= 4 is 5.97 Å².